The van der Waals surface area contributed by atoms with Crippen LogP contribution in [0.5, 0.6) is 17.2 Å². The first kappa shape index (κ1) is 20.5. The lowest BCUT2D eigenvalue weighted by molar-refractivity contribution is 0.103. The summed E-state index contributed by atoms with van der Waals surface area (Å²) in [7, 11) is 0. The van der Waals surface area contributed by atoms with Gasteiger partial charge in [0.05, 0.1) is 5.56 Å². The van der Waals surface area contributed by atoms with E-state index in [9.17, 15) is 20.1 Å². The third-order valence-electron chi connectivity index (χ3n) is 5.17. The van der Waals surface area contributed by atoms with Gasteiger partial charge in [0.1, 0.15) is 0 Å². The van der Waals surface area contributed by atoms with E-state index in [1.165, 1.54) is 11.6 Å². The summed E-state index contributed by atoms with van der Waals surface area (Å²) in [5, 5.41) is 30.6. The second-order valence-electron chi connectivity index (χ2n) is 7.57. The molecule has 0 saturated carbocycles. The van der Waals surface area contributed by atoms with Crippen molar-refractivity contribution in [3.8, 4) is 17.2 Å². The van der Waals surface area contributed by atoms with Crippen LogP contribution in [0.15, 0.2) is 60.7 Å². The SMILES string of the molecule is CC(C)c1ccc(C(=O)c2cc(CCCc3ccccc3)c(O)c(O)c2O)cc1. The standard InChI is InChI=1S/C25H26O4/c1-16(2)18-11-13-19(14-12-18)22(26)21-15-20(23(27)25(29)24(21)28)10-6-9-17-7-4-3-5-8-17/h3-5,7-8,11-16,27-29H,6,9-10H2,1-2H3. The minimum atomic E-state index is -0.649. The Hall–Kier alpha value is -3.27. The predicted octanol–water partition coefficient (Wildman–Crippen LogP) is 5.33. The van der Waals surface area contributed by atoms with Crippen molar-refractivity contribution < 1.29 is 20.1 Å². The van der Waals surface area contributed by atoms with Crippen molar-refractivity contribution >= 4 is 5.78 Å². The Morgan fingerprint density at radius 2 is 1.48 bits per heavy atom. The maximum Gasteiger partial charge on any atom is 0.201 e. The number of ketones is 1. The van der Waals surface area contributed by atoms with E-state index in [0.29, 0.717) is 23.5 Å². The first-order valence-electron chi connectivity index (χ1n) is 9.83. The maximum atomic E-state index is 12.9. The number of rotatable bonds is 7. The highest BCUT2D eigenvalue weighted by molar-refractivity contribution is 6.11. The molecule has 0 atom stereocenters. The number of phenolic OH excluding ortho intramolecular Hbond substituents is 3. The van der Waals surface area contributed by atoms with E-state index in [2.05, 4.69) is 13.8 Å². The summed E-state index contributed by atoms with van der Waals surface area (Å²) in [5.74, 6) is -1.65. The largest absolute Gasteiger partial charge is 0.504 e. The molecule has 29 heavy (non-hydrogen) atoms. The van der Waals surface area contributed by atoms with Crippen molar-refractivity contribution in [2.45, 2.75) is 39.0 Å². The van der Waals surface area contributed by atoms with Crippen LogP contribution in [0.1, 0.15) is 58.8 Å². The normalized spacial score (nSPS) is 11.0. The number of phenols is 3. The van der Waals surface area contributed by atoms with Crippen molar-refractivity contribution in [2.75, 3.05) is 0 Å². The summed E-state index contributed by atoms with van der Waals surface area (Å²) >= 11 is 0. The number of aryl methyl sites for hydroxylation is 2. The predicted molar refractivity (Wildman–Crippen MR) is 114 cm³/mol. The number of aromatic hydroxyl groups is 3. The van der Waals surface area contributed by atoms with Crippen LogP contribution in [0.3, 0.4) is 0 Å². The molecule has 3 aromatic rings. The van der Waals surface area contributed by atoms with Gasteiger partial charge in [0.25, 0.3) is 0 Å². The van der Waals surface area contributed by atoms with Gasteiger partial charge < -0.3 is 15.3 Å². The van der Waals surface area contributed by atoms with Crippen LogP contribution in [-0.4, -0.2) is 21.1 Å². The van der Waals surface area contributed by atoms with Gasteiger partial charge in [-0.1, -0.05) is 68.4 Å². The Kier molecular flexibility index (Phi) is 6.23. The van der Waals surface area contributed by atoms with Crippen LogP contribution in [-0.2, 0) is 12.8 Å². The van der Waals surface area contributed by atoms with Crippen LogP contribution >= 0.6 is 0 Å². The van der Waals surface area contributed by atoms with Crippen molar-refractivity contribution in [1.82, 2.24) is 0 Å². The molecule has 150 valence electrons. The number of hydrogen-bond acceptors (Lipinski definition) is 4. The molecule has 0 aliphatic heterocycles. The highest BCUT2D eigenvalue weighted by Crippen LogP contribution is 2.41. The van der Waals surface area contributed by atoms with Gasteiger partial charge in [0.2, 0.25) is 5.75 Å². The number of hydrogen-bond donors (Lipinski definition) is 3. The Morgan fingerprint density at radius 3 is 2.10 bits per heavy atom. The van der Waals surface area contributed by atoms with Crippen LogP contribution in [0.2, 0.25) is 0 Å². The highest BCUT2D eigenvalue weighted by Gasteiger charge is 2.22. The minimum Gasteiger partial charge on any atom is -0.504 e. The van der Waals surface area contributed by atoms with E-state index in [0.717, 1.165) is 18.4 Å². The molecule has 0 heterocycles. The Bertz CT molecular complexity index is 990. The Labute approximate surface area is 171 Å². The summed E-state index contributed by atoms with van der Waals surface area (Å²) in [6.45, 7) is 4.14. The third kappa shape index (κ3) is 4.60. The average Bonchev–Trinajstić information content (AvgIpc) is 2.74. The fourth-order valence-corrected chi connectivity index (χ4v) is 3.37. The van der Waals surface area contributed by atoms with Gasteiger partial charge in [-0.15, -0.1) is 0 Å². The second-order valence-corrected chi connectivity index (χ2v) is 7.57. The molecule has 0 saturated heterocycles. The maximum absolute atomic E-state index is 12.9. The molecule has 0 aliphatic rings. The van der Waals surface area contributed by atoms with Gasteiger partial charge in [0.15, 0.2) is 17.3 Å². The number of carbonyl (C=O) groups is 1. The zero-order valence-electron chi connectivity index (χ0n) is 16.7. The summed E-state index contributed by atoms with van der Waals surface area (Å²) < 4.78 is 0. The second kappa shape index (κ2) is 8.82. The van der Waals surface area contributed by atoms with Crippen LogP contribution in [0.25, 0.3) is 0 Å². The quantitative estimate of drug-likeness (QED) is 0.376. The molecule has 4 heteroatoms. The van der Waals surface area contributed by atoms with Gasteiger partial charge in [-0.25, -0.2) is 0 Å². The first-order valence-corrected chi connectivity index (χ1v) is 9.83. The molecular weight excluding hydrogens is 364 g/mol. The summed E-state index contributed by atoms with van der Waals surface area (Å²) in [6.07, 6.45) is 2.02. The lowest BCUT2D eigenvalue weighted by atomic mass is 9.94. The number of benzene rings is 3. The molecule has 4 nitrogen and oxygen atoms in total. The molecular formula is C25H26O4. The van der Waals surface area contributed by atoms with Crippen molar-refractivity contribution in [2.24, 2.45) is 0 Å². The lowest BCUT2D eigenvalue weighted by Crippen LogP contribution is -2.04. The van der Waals surface area contributed by atoms with Crippen LogP contribution in [0, 0.1) is 0 Å². The van der Waals surface area contributed by atoms with Gasteiger partial charge in [-0.3, -0.25) is 4.79 Å². The average molecular weight is 390 g/mol. The zero-order valence-corrected chi connectivity index (χ0v) is 16.7. The Morgan fingerprint density at radius 1 is 0.828 bits per heavy atom. The molecule has 0 spiro atoms. The van der Waals surface area contributed by atoms with Crippen molar-refractivity contribution in [1.29, 1.82) is 0 Å². The van der Waals surface area contributed by atoms with Crippen molar-refractivity contribution in [3.63, 3.8) is 0 Å². The van der Waals surface area contributed by atoms with Gasteiger partial charge in [0, 0.05) is 5.56 Å². The van der Waals surface area contributed by atoms with Crippen molar-refractivity contribution in [3.05, 3.63) is 88.5 Å². The molecule has 0 amide bonds. The summed E-state index contributed by atoms with van der Waals surface area (Å²) in [5.41, 5.74) is 3.15. The zero-order chi connectivity index (χ0) is 21.0. The van der Waals surface area contributed by atoms with E-state index in [-0.39, 0.29) is 11.3 Å². The summed E-state index contributed by atoms with van der Waals surface area (Å²) in [4.78, 5) is 12.9. The molecule has 3 rings (SSSR count). The van der Waals surface area contributed by atoms with Gasteiger partial charge in [-0.05, 0) is 47.9 Å². The fraction of sp³-hybridized carbons (Fsp3) is 0.240. The van der Waals surface area contributed by atoms with E-state index in [4.69, 9.17) is 0 Å². The van der Waals surface area contributed by atoms with E-state index >= 15 is 0 Å². The monoisotopic (exact) mass is 390 g/mol. The lowest BCUT2D eigenvalue weighted by Gasteiger charge is -2.13. The molecule has 3 aromatic carbocycles. The molecule has 0 unspecified atom stereocenters. The van der Waals surface area contributed by atoms with Crippen LogP contribution < -0.4 is 0 Å². The number of carbonyl (C=O) groups excluding carboxylic acids is 1. The summed E-state index contributed by atoms with van der Waals surface area (Å²) in [6, 6.07) is 18.7. The molecule has 0 aromatic heterocycles. The Balaban J connectivity index is 1.83. The fourth-order valence-electron chi connectivity index (χ4n) is 3.37. The van der Waals surface area contributed by atoms with E-state index in [1.54, 1.807) is 12.1 Å². The first-order chi connectivity index (χ1) is 13.9. The highest BCUT2D eigenvalue weighted by atomic mass is 16.3. The molecule has 0 aliphatic carbocycles. The molecule has 3 N–H and O–H groups in total. The molecule has 0 fully saturated rings. The van der Waals surface area contributed by atoms with Crippen LogP contribution in [0.4, 0.5) is 0 Å². The third-order valence-corrected chi connectivity index (χ3v) is 5.17. The molecule has 0 bridgehead atoms. The molecule has 0 radical (unpaired) electrons. The smallest absolute Gasteiger partial charge is 0.201 e. The van der Waals surface area contributed by atoms with Gasteiger partial charge in [-0.2, -0.15) is 0 Å². The van der Waals surface area contributed by atoms with E-state index in [1.807, 2.05) is 42.5 Å². The topological polar surface area (TPSA) is 77.8 Å². The van der Waals surface area contributed by atoms with E-state index < -0.39 is 17.3 Å². The van der Waals surface area contributed by atoms with Gasteiger partial charge >= 0.3 is 0 Å². The minimum absolute atomic E-state index is 0.00712.